The minimum Gasteiger partial charge on any atom is -0.493 e. The van der Waals surface area contributed by atoms with Crippen LogP contribution in [-0.2, 0) is 4.79 Å². The van der Waals surface area contributed by atoms with E-state index in [9.17, 15) is 4.79 Å². The maximum absolute atomic E-state index is 10.9. The van der Waals surface area contributed by atoms with Gasteiger partial charge >= 0.3 is 5.97 Å². The molecule has 0 saturated carbocycles. The van der Waals surface area contributed by atoms with Crippen molar-refractivity contribution in [3.05, 3.63) is 29.3 Å². The Kier molecular flexibility index (Phi) is 5.01. The van der Waals surface area contributed by atoms with E-state index in [0.717, 1.165) is 37.2 Å². The van der Waals surface area contributed by atoms with Crippen molar-refractivity contribution in [3.63, 3.8) is 0 Å². The van der Waals surface area contributed by atoms with Crippen molar-refractivity contribution in [3.8, 4) is 5.75 Å². The lowest BCUT2D eigenvalue weighted by molar-refractivity contribution is -0.141. The van der Waals surface area contributed by atoms with Gasteiger partial charge in [0.2, 0.25) is 0 Å². The zero-order chi connectivity index (χ0) is 14.5. The maximum Gasteiger partial charge on any atom is 0.307 e. The predicted octanol–water partition coefficient (Wildman–Crippen LogP) is 2.48. The van der Waals surface area contributed by atoms with Gasteiger partial charge in [-0.3, -0.25) is 4.79 Å². The number of aliphatic carboxylic acids is 1. The number of carbonyl (C=O) groups is 1. The summed E-state index contributed by atoms with van der Waals surface area (Å²) >= 11 is 0. The molecule has 0 aliphatic carbocycles. The third-order valence-electron chi connectivity index (χ3n) is 3.84. The van der Waals surface area contributed by atoms with Crippen LogP contribution in [0.5, 0.6) is 5.75 Å². The Morgan fingerprint density at radius 1 is 1.45 bits per heavy atom. The summed E-state index contributed by atoms with van der Waals surface area (Å²) in [7, 11) is 0. The first-order valence-corrected chi connectivity index (χ1v) is 7.21. The van der Waals surface area contributed by atoms with Gasteiger partial charge in [-0.25, -0.2) is 0 Å². The highest BCUT2D eigenvalue weighted by Crippen LogP contribution is 2.20. The Morgan fingerprint density at radius 2 is 2.25 bits per heavy atom. The second-order valence-electron chi connectivity index (χ2n) is 5.60. The van der Waals surface area contributed by atoms with Gasteiger partial charge < -0.3 is 14.7 Å². The molecule has 1 aliphatic heterocycles. The Morgan fingerprint density at radius 3 is 2.95 bits per heavy atom. The maximum atomic E-state index is 10.9. The summed E-state index contributed by atoms with van der Waals surface area (Å²) in [5.74, 6) is 0.101. The second-order valence-corrected chi connectivity index (χ2v) is 5.60. The van der Waals surface area contributed by atoms with Gasteiger partial charge in [-0.15, -0.1) is 0 Å². The third-order valence-corrected chi connectivity index (χ3v) is 3.84. The Bertz CT molecular complexity index is 473. The van der Waals surface area contributed by atoms with Crippen LogP contribution in [0.25, 0.3) is 0 Å². The number of likely N-dealkylation sites (tertiary alicyclic amines) is 1. The Balaban J connectivity index is 1.69. The molecule has 0 aromatic heterocycles. The van der Waals surface area contributed by atoms with Crippen LogP contribution in [0.15, 0.2) is 18.2 Å². The van der Waals surface area contributed by atoms with E-state index in [2.05, 4.69) is 30.0 Å². The van der Waals surface area contributed by atoms with Crippen molar-refractivity contribution in [1.29, 1.82) is 0 Å². The number of carboxylic acids is 1. The lowest BCUT2D eigenvalue weighted by atomic mass is 10.1. The second kappa shape index (κ2) is 6.75. The van der Waals surface area contributed by atoms with Gasteiger partial charge in [-0.1, -0.05) is 12.1 Å². The van der Waals surface area contributed by atoms with Crippen LogP contribution in [0.1, 0.15) is 24.0 Å². The van der Waals surface area contributed by atoms with Gasteiger partial charge in [-0.05, 0) is 50.4 Å². The summed E-state index contributed by atoms with van der Waals surface area (Å²) in [6, 6.07) is 6.21. The standard InChI is InChI=1S/C16H23NO3/c1-12-4-5-13(2)15(10-12)20-9-3-7-17-8-6-14(11-17)16(18)19/h4-5,10,14H,3,6-9,11H2,1-2H3,(H,18,19). The van der Waals surface area contributed by atoms with Crippen LogP contribution >= 0.6 is 0 Å². The number of nitrogens with zero attached hydrogens (tertiary/aromatic N) is 1. The van der Waals surface area contributed by atoms with E-state index < -0.39 is 5.97 Å². The van der Waals surface area contributed by atoms with Crippen molar-refractivity contribution < 1.29 is 14.6 Å². The molecule has 1 aliphatic rings. The number of ether oxygens (including phenoxy) is 1. The zero-order valence-electron chi connectivity index (χ0n) is 12.3. The average molecular weight is 277 g/mol. The van der Waals surface area contributed by atoms with E-state index in [1.165, 1.54) is 5.56 Å². The zero-order valence-corrected chi connectivity index (χ0v) is 12.3. The monoisotopic (exact) mass is 277 g/mol. The van der Waals surface area contributed by atoms with Gasteiger partial charge in [0, 0.05) is 13.1 Å². The molecule has 1 unspecified atom stereocenters. The Hall–Kier alpha value is -1.55. The molecule has 0 spiro atoms. The molecule has 0 amide bonds. The third kappa shape index (κ3) is 3.97. The van der Waals surface area contributed by atoms with Crippen LogP contribution in [0.2, 0.25) is 0 Å². The first kappa shape index (κ1) is 14.9. The predicted molar refractivity (Wildman–Crippen MR) is 78.2 cm³/mol. The molecule has 20 heavy (non-hydrogen) atoms. The molecular formula is C16H23NO3. The fourth-order valence-corrected chi connectivity index (χ4v) is 2.57. The van der Waals surface area contributed by atoms with Gasteiger partial charge in [0.25, 0.3) is 0 Å². The summed E-state index contributed by atoms with van der Waals surface area (Å²) in [4.78, 5) is 13.1. The van der Waals surface area contributed by atoms with E-state index in [1.54, 1.807) is 0 Å². The topological polar surface area (TPSA) is 49.8 Å². The highest BCUT2D eigenvalue weighted by atomic mass is 16.5. The van der Waals surface area contributed by atoms with E-state index in [4.69, 9.17) is 9.84 Å². The SMILES string of the molecule is Cc1ccc(C)c(OCCCN2CCC(C(=O)O)C2)c1. The fraction of sp³-hybridized carbons (Fsp3) is 0.562. The largest absolute Gasteiger partial charge is 0.493 e. The molecule has 2 rings (SSSR count). The molecule has 0 bridgehead atoms. The summed E-state index contributed by atoms with van der Waals surface area (Å²) in [6.45, 7) is 7.27. The molecule has 4 heteroatoms. The van der Waals surface area contributed by atoms with Crippen molar-refractivity contribution in [2.45, 2.75) is 26.7 Å². The number of hydrogen-bond acceptors (Lipinski definition) is 3. The van der Waals surface area contributed by atoms with Crippen LogP contribution in [0.4, 0.5) is 0 Å². The van der Waals surface area contributed by atoms with Crippen molar-refractivity contribution in [2.75, 3.05) is 26.2 Å². The lowest BCUT2D eigenvalue weighted by Crippen LogP contribution is -2.25. The molecule has 1 aromatic rings. The average Bonchev–Trinajstić information content (AvgIpc) is 2.87. The molecule has 4 nitrogen and oxygen atoms in total. The summed E-state index contributed by atoms with van der Waals surface area (Å²) < 4.78 is 5.81. The molecule has 1 saturated heterocycles. The molecule has 1 atom stereocenters. The van der Waals surface area contributed by atoms with Gasteiger partial charge in [0.05, 0.1) is 12.5 Å². The number of rotatable bonds is 6. The molecule has 0 radical (unpaired) electrons. The quantitative estimate of drug-likeness (QED) is 0.812. The highest BCUT2D eigenvalue weighted by Gasteiger charge is 2.27. The van der Waals surface area contributed by atoms with Crippen LogP contribution in [0.3, 0.4) is 0 Å². The minimum atomic E-state index is -0.667. The number of benzene rings is 1. The van der Waals surface area contributed by atoms with Gasteiger partial charge in [0.1, 0.15) is 5.75 Å². The molecule has 1 heterocycles. The van der Waals surface area contributed by atoms with E-state index >= 15 is 0 Å². The number of hydrogen-bond donors (Lipinski definition) is 1. The lowest BCUT2D eigenvalue weighted by Gasteiger charge is -2.15. The van der Waals surface area contributed by atoms with Crippen LogP contribution < -0.4 is 4.74 Å². The molecule has 1 aromatic carbocycles. The van der Waals surface area contributed by atoms with Crippen molar-refractivity contribution in [1.82, 2.24) is 4.90 Å². The minimum absolute atomic E-state index is 0.185. The number of carboxylic acid groups (broad SMARTS) is 1. The van der Waals surface area contributed by atoms with E-state index in [1.807, 2.05) is 6.92 Å². The van der Waals surface area contributed by atoms with E-state index in [-0.39, 0.29) is 5.92 Å². The molecular weight excluding hydrogens is 254 g/mol. The number of aryl methyl sites for hydroxylation is 2. The summed E-state index contributed by atoms with van der Waals surface area (Å²) in [6.07, 6.45) is 1.70. The Labute approximate surface area is 120 Å². The summed E-state index contributed by atoms with van der Waals surface area (Å²) in [5, 5.41) is 8.96. The molecule has 110 valence electrons. The van der Waals surface area contributed by atoms with Crippen molar-refractivity contribution >= 4 is 5.97 Å². The first-order chi connectivity index (χ1) is 9.56. The van der Waals surface area contributed by atoms with E-state index in [0.29, 0.717) is 13.2 Å². The van der Waals surface area contributed by atoms with Crippen molar-refractivity contribution in [2.24, 2.45) is 5.92 Å². The van der Waals surface area contributed by atoms with Gasteiger partial charge in [0.15, 0.2) is 0 Å². The van der Waals surface area contributed by atoms with Crippen LogP contribution in [0, 0.1) is 19.8 Å². The highest BCUT2D eigenvalue weighted by molar-refractivity contribution is 5.70. The van der Waals surface area contributed by atoms with Crippen LogP contribution in [-0.4, -0.2) is 42.2 Å². The molecule has 1 fully saturated rings. The normalized spacial score (nSPS) is 19.2. The van der Waals surface area contributed by atoms with Gasteiger partial charge in [-0.2, -0.15) is 0 Å². The fourth-order valence-electron chi connectivity index (χ4n) is 2.57. The summed E-state index contributed by atoms with van der Waals surface area (Å²) in [5.41, 5.74) is 2.36. The molecule has 1 N–H and O–H groups in total. The smallest absolute Gasteiger partial charge is 0.307 e. The first-order valence-electron chi connectivity index (χ1n) is 7.21.